The maximum atomic E-state index is 9.15. The van der Waals surface area contributed by atoms with Crippen molar-refractivity contribution in [1.29, 1.82) is 0 Å². The third-order valence-corrected chi connectivity index (χ3v) is 3.94. The molecule has 0 saturated heterocycles. The van der Waals surface area contributed by atoms with Gasteiger partial charge >= 0.3 is 0 Å². The van der Waals surface area contributed by atoms with Crippen LogP contribution in [0.5, 0.6) is 11.5 Å². The molecule has 0 amide bonds. The van der Waals surface area contributed by atoms with Crippen LogP contribution in [0.25, 0.3) is 0 Å². The Morgan fingerprint density at radius 2 is 1.75 bits per heavy atom. The molecule has 0 aromatic heterocycles. The quantitative estimate of drug-likeness (QED) is 0.811. The third kappa shape index (κ3) is 3.75. The fourth-order valence-electron chi connectivity index (χ4n) is 1.76. The van der Waals surface area contributed by atoms with E-state index in [1.807, 2.05) is 36.4 Å². The van der Waals surface area contributed by atoms with Crippen molar-refractivity contribution in [2.75, 3.05) is 7.11 Å². The summed E-state index contributed by atoms with van der Waals surface area (Å²) >= 11 is 6.90. The van der Waals surface area contributed by atoms with Crippen LogP contribution in [-0.4, -0.2) is 12.2 Å². The lowest BCUT2D eigenvalue weighted by molar-refractivity contribution is 0.280. The Morgan fingerprint density at radius 1 is 1.05 bits per heavy atom. The van der Waals surface area contributed by atoms with Gasteiger partial charge in [-0.2, -0.15) is 0 Å². The molecular weight excluding hydrogens is 388 g/mol. The lowest BCUT2D eigenvalue weighted by Gasteiger charge is -2.12. The molecule has 0 fully saturated rings. The van der Waals surface area contributed by atoms with E-state index in [-0.39, 0.29) is 6.61 Å². The van der Waals surface area contributed by atoms with Gasteiger partial charge in [0, 0.05) is 0 Å². The van der Waals surface area contributed by atoms with Crippen molar-refractivity contribution in [3.63, 3.8) is 0 Å². The normalized spacial score (nSPS) is 10.4. The van der Waals surface area contributed by atoms with E-state index >= 15 is 0 Å². The van der Waals surface area contributed by atoms with Gasteiger partial charge in [0.1, 0.15) is 18.1 Å². The molecule has 3 nitrogen and oxygen atoms in total. The van der Waals surface area contributed by atoms with Crippen LogP contribution in [-0.2, 0) is 13.2 Å². The predicted molar refractivity (Wildman–Crippen MR) is 85.1 cm³/mol. The van der Waals surface area contributed by atoms with E-state index < -0.39 is 0 Å². The maximum Gasteiger partial charge on any atom is 0.148 e. The topological polar surface area (TPSA) is 38.7 Å². The highest BCUT2D eigenvalue weighted by Gasteiger charge is 2.09. The molecule has 0 radical (unpaired) electrons. The second kappa shape index (κ2) is 7.11. The van der Waals surface area contributed by atoms with Gasteiger partial charge in [0.15, 0.2) is 0 Å². The number of hydrogen-bond acceptors (Lipinski definition) is 3. The molecule has 2 rings (SSSR count). The highest BCUT2D eigenvalue weighted by Crippen LogP contribution is 2.35. The largest absolute Gasteiger partial charge is 0.497 e. The van der Waals surface area contributed by atoms with Crippen molar-refractivity contribution >= 4 is 31.9 Å². The van der Waals surface area contributed by atoms with Gasteiger partial charge in [-0.1, -0.05) is 12.1 Å². The van der Waals surface area contributed by atoms with Gasteiger partial charge in [-0.15, -0.1) is 0 Å². The molecule has 0 aliphatic carbocycles. The number of hydrogen-bond donors (Lipinski definition) is 1. The second-order valence-corrected chi connectivity index (χ2v) is 5.90. The molecule has 0 heterocycles. The minimum atomic E-state index is -0.00658. The molecule has 20 heavy (non-hydrogen) atoms. The van der Waals surface area contributed by atoms with E-state index in [1.165, 1.54) is 0 Å². The number of aliphatic hydroxyl groups is 1. The van der Waals surface area contributed by atoms with Crippen LogP contribution >= 0.6 is 31.9 Å². The minimum Gasteiger partial charge on any atom is -0.497 e. The van der Waals surface area contributed by atoms with Crippen LogP contribution in [0.15, 0.2) is 45.3 Å². The Labute approximate surface area is 134 Å². The first kappa shape index (κ1) is 15.4. The van der Waals surface area contributed by atoms with Crippen LogP contribution in [0.4, 0.5) is 0 Å². The number of halogens is 2. The molecule has 2 aromatic rings. The number of ether oxygens (including phenoxy) is 2. The number of methoxy groups -OCH3 is 1. The third-order valence-electron chi connectivity index (χ3n) is 2.76. The zero-order valence-electron chi connectivity index (χ0n) is 10.9. The van der Waals surface area contributed by atoms with Crippen molar-refractivity contribution in [3.8, 4) is 11.5 Å². The molecule has 0 atom stereocenters. The van der Waals surface area contributed by atoms with Gasteiger partial charge in [0.25, 0.3) is 0 Å². The minimum absolute atomic E-state index is 0.00658. The number of aliphatic hydroxyl groups excluding tert-OH is 1. The Bertz CT molecular complexity index is 576. The van der Waals surface area contributed by atoms with Crippen LogP contribution in [0.1, 0.15) is 11.1 Å². The Balaban J connectivity index is 2.14. The SMILES string of the molecule is COc1cccc(COc2c(Br)cc(CO)cc2Br)c1. The molecule has 0 spiro atoms. The molecule has 0 aliphatic rings. The average Bonchev–Trinajstić information content (AvgIpc) is 2.46. The molecule has 0 saturated carbocycles. The lowest BCUT2D eigenvalue weighted by atomic mass is 10.2. The van der Waals surface area contributed by atoms with Gasteiger partial charge in [-0.25, -0.2) is 0 Å². The monoisotopic (exact) mass is 400 g/mol. The van der Waals surface area contributed by atoms with Crippen LogP contribution < -0.4 is 9.47 Å². The molecule has 1 N–H and O–H groups in total. The fourth-order valence-corrected chi connectivity index (χ4v) is 3.27. The summed E-state index contributed by atoms with van der Waals surface area (Å²) in [6, 6.07) is 11.4. The van der Waals surface area contributed by atoms with Gasteiger partial charge < -0.3 is 14.6 Å². The summed E-state index contributed by atoms with van der Waals surface area (Å²) < 4.78 is 12.6. The fraction of sp³-hybridized carbons (Fsp3) is 0.200. The highest BCUT2D eigenvalue weighted by molar-refractivity contribution is 9.11. The first-order valence-corrected chi connectivity index (χ1v) is 7.57. The van der Waals surface area contributed by atoms with Gasteiger partial charge in [-0.05, 0) is 67.3 Å². The van der Waals surface area contributed by atoms with Crippen molar-refractivity contribution in [2.24, 2.45) is 0 Å². The van der Waals surface area contributed by atoms with Crippen molar-refractivity contribution in [2.45, 2.75) is 13.2 Å². The van der Waals surface area contributed by atoms with Crippen molar-refractivity contribution in [3.05, 3.63) is 56.5 Å². The van der Waals surface area contributed by atoms with Crippen molar-refractivity contribution in [1.82, 2.24) is 0 Å². The summed E-state index contributed by atoms with van der Waals surface area (Å²) in [6.45, 7) is 0.431. The van der Waals surface area contributed by atoms with Gasteiger partial charge in [0.2, 0.25) is 0 Å². The molecule has 106 valence electrons. The summed E-state index contributed by atoms with van der Waals surface area (Å²) in [5, 5.41) is 9.15. The van der Waals surface area contributed by atoms with E-state index in [1.54, 1.807) is 7.11 Å². The molecule has 0 unspecified atom stereocenters. The van der Waals surface area contributed by atoms with Gasteiger partial charge in [0.05, 0.1) is 22.7 Å². The summed E-state index contributed by atoms with van der Waals surface area (Å²) in [4.78, 5) is 0. The molecule has 5 heteroatoms. The van der Waals surface area contributed by atoms with Crippen LogP contribution in [0.2, 0.25) is 0 Å². The lowest BCUT2D eigenvalue weighted by Crippen LogP contribution is -1.98. The average molecular weight is 402 g/mol. The number of rotatable bonds is 5. The summed E-state index contributed by atoms with van der Waals surface area (Å²) in [5.74, 6) is 1.52. The zero-order chi connectivity index (χ0) is 14.5. The van der Waals surface area contributed by atoms with E-state index in [0.717, 1.165) is 25.8 Å². The maximum absolute atomic E-state index is 9.15. The second-order valence-electron chi connectivity index (χ2n) is 4.19. The highest BCUT2D eigenvalue weighted by atomic mass is 79.9. The first-order chi connectivity index (χ1) is 9.63. The van der Waals surface area contributed by atoms with Crippen LogP contribution in [0, 0.1) is 0 Å². The molecule has 0 aliphatic heterocycles. The van der Waals surface area contributed by atoms with E-state index in [4.69, 9.17) is 14.6 Å². The summed E-state index contributed by atoms with van der Waals surface area (Å²) in [7, 11) is 1.64. The first-order valence-electron chi connectivity index (χ1n) is 5.98. The molecule has 0 bridgehead atoms. The Morgan fingerprint density at radius 3 is 2.35 bits per heavy atom. The molecule has 2 aromatic carbocycles. The standard InChI is InChI=1S/C15H14Br2O3/c1-19-12-4-2-3-10(5-12)9-20-15-13(16)6-11(8-18)7-14(15)17/h2-7,18H,8-9H2,1H3. The summed E-state index contributed by atoms with van der Waals surface area (Å²) in [5.41, 5.74) is 1.84. The Kier molecular flexibility index (Phi) is 5.46. The van der Waals surface area contributed by atoms with Gasteiger partial charge in [-0.3, -0.25) is 0 Å². The number of benzene rings is 2. The zero-order valence-corrected chi connectivity index (χ0v) is 14.1. The Hall–Kier alpha value is -1.04. The summed E-state index contributed by atoms with van der Waals surface area (Å²) in [6.07, 6.45) is 0. The van der Waals surface area contributed by atoms with E-state index in [0.29, 0.717) is 12.4 Å². The predicted octanol–water partition coefficient (Wildman–Crippen LogP) is 4.29. The van der Waals surface area contributed by atoms with Crippen LogP contribution in [0.3, 0.4) is 0 Å². The van der Waals surface area contributed by atoms with E-state index in [9.17, 15) is 0 Å². The molecular formula is C15H14Br2O3. The smallest absolute Gasteiger partial charge is 0.148 e. The van der Waals surface area contributed by atoms with Crippen molar-refractivity contribution < 1.29 is 14.6 Å². The van der Waals surface area contributed by atoms with E-state index in [2.05, 4.69) is 31.9 Å².